The maximum Gasteiger partial charge on any atom is 0.123 e. The van der Waals surface area contributed by atoms with Crippen molar-refractivity contribution in [3.05, 3.63) is 24.3 Å². The summed E-state index contributed by atoms with van der Waals surface area (Å²) < 4.78 is 11.4. The average Bonchev–Trinajstić information content (AvgIpc) is 2.49. The molecule has 0 aliphatic heterocycles. The van der Waals surface area contributed by atoms with Gasteiger partial charge in [-0.3, -0.25) is 0 Å². The lowest BCUT2D eigenvalue weighted by Crippen LogP contribution is -2.43. The molecule has 2 unspecified atom stereocenters. The van der Waals surface area contributed by atoms with Crippen LogP contribution in [-0.4, -0.2) is 25.8 Å². The van der Waals surface area contributed by atoms with E-state index in [0.29, 0.717) is 6.04 Å². The molecule has 1 aromatic rings. The first-order valence-electron chi connectivity index (χ1n) is 7.79. The second-order valence-electron chi connectivity index (χ2n) is 5.09. The van der Waals surface area contributed by atoms with E-state index in [9.17, 15) is 0 Å². The zero-order valence-corrected chi connectivity index (χ0v) is 13.3. The molecule has 20 heavy (non-hydrogen) atoms. The number of benzene rings is 1. The molecule has 0 saturated heterocycles. The number of ether oxygens (including phenoxy) is 2. The molecule has 3 heteroatoms. The second-order valence-corrected chi connectivity index (χ2v) is 5.09. The molecule has 0 radical (unpaired) electrons. The highest BCUT2D eigenvalue weighted by Gasteiger charge is 2.20. The van der Waals surface area contributed by atoms with Gasteiger partial charge in [-0.1, -0.05) is 33.3 Å². The molecule has 0 spiro atoms. The Hall–Kier alpha value is -1.22. The molecule has 0 aliphatic rings. The zero-order chi connectivity index (χ0) is 14.8. The minimum absolute atomic E-state index is 0.202. The van der Waals surface area contributed by atoms with E-state index in [2.05, 4.69) is 26.1 Å². The maximum absolute atomic E-state index is 6.18. The predicted molar refractivity (Wildman–Crippen MR) is 84.7 cm³/mol. The van der Waals surface area contributed by atoms with Gasteiger partial charge in [0.2, 0.25) is 0 Å². The van der Waals surface area contributed by atoms with Gasteiger partial charge >= 0.3 is 0 Å². The van der Waals surface area contributed by atoms with Gasteiger partial charge in [0.1, 0.15) is 17.6 Å². The van der Waals surface area contributed by atoms with Crippen LogP contribution in [0.1, 0.15) is 46.5 Å². The van der Waals surface area contributed by atoms with E-state index in [0.717, 1.165) is 37.3 Å². The molecule has 0 saturated carbocycles. The lowest BCUT2D eigenvalue weighted by atomic mass is 10.0. The standard InChI is InChI=1S/C17H29NO2/c1-5-9-16(18-12-6-2)17(7-3)20-15-11-8-10-14(13-15)19-4/h8,10-11,13,16-18H,5-7,9,12H2,1-4H3. The Bertz CT molecular complexity index is 368. The Morgan fingerprint density at radius 2 is 1.85 bits per heavy atom. The molecule has 0 bridgehead atoms. The van der Waals surface area contributed by atoms with Crippen molar-refractivity contribution in [2.75, 3.05) is 13.7 Å². The van der Waals surface area contributed by atoms with E-state index in [1.165, 1.54) is 6.42 Å². The first-order chi connectivity index (χ1) is 9.74. The van der Waals surface area contributed by atoms with Crippen LogP contribution in [0.4, 0.5) is 0 Å². The minimum Gasteiger partial charge on any atom is -0.497 e. The van der Waals surface area contributed by atoms with Crippen LogP contribution >= 0.6 is 0 Å². The van der Waals surface area contributed by atoms with Crippen LogP contribution in [0.3, 0.4) is 0 Å². The smallest absolute Gasteiger partial charge is 0.123 e. The van der Waals surface area contributed by atoms with E-state index >= 15 is 0 Å². The van der Waals surface area contributed by atoms with E-state index in [1.54, 1.807) is 7.11 Å². The van der Waals surface area contributed by atoms with Crippen LogP contribution in [0, 0.1) is 0 Å². The third-order valence-corrected chi connectivity index (χ3v) is 3.44. The fourth-order valence-corrected chi connectivity index (χ4v) is 2.36. The summed E-state index contributed by atoms with van der Waals surface area (Å²) in [5, 5.41) is 3.61. The van der Waals surface area contributed by atoms with Crippen molar-refractivity contribution >= 4 is 0 Å². The van der Waals surface area contributed by atoms with E-state index in [4.69, 9.17) is 9.47 Å². The van der Waals surface area contributed by atoms with E-state index in [-0.39, 0.29) is 6.10 Å². The summed E-state index contributed by atoms with van der Waals surface area (Å²) in [6.45, 7) is 7.64. The number of nitrogens with one attached hydrogen (secondary N) is 1. The topological polar surface area (TPSA) is 30.5 Å². The molecule has 0 amide bonds. The fraction of sp³-hybridized carbons (Fsp3) is 0.647. The van der Waals surface area contributed by atoms with Gasteiger partial charge in [0, 0.05) is 12.1 Å². The Morgan fingerprint density at radius 1 is 1.10 bits per heavy atom. The Labute approximate surface area is 123 Å². The van der Waals surface area contributed by atoms with Crippen molar-refractivity contribution < 1.29 is 9.47 Å². The minimum atomic E-state index is 0.202. The molecule has 1 aromatic carbocycles. The Balaban J connectivity index is 2.71. The summed E-state index contributed by atoms with van der Waals surface area (Å²) in [4.78, 5) is 0. The monoisotopic (exact) mass is 279 g/mol. The van der Waals surface area contributed by atoms with Crippen LogP contribution in [0.5, 0.6) is 11.5 Å². The Morgan fingerprint density at radius 3 is 2.45 bits per heavy atom. The zero-order valence-electron chi connectivity index (χ0n) is 13.3. The van der Waals surface area contributed by atoms with Crippen LogP contribution < -0.4 is 14.8 Å². The molecule has 114 valence electrons. The van der Waals surface area contributed by atoms with Crippen LogP contribution in [0.25, 0.3) is 0 Å². The number of hydrogen-bond donors (Lipinski definition) is 1. The van der Waals surface area contributed by atoms with Crippen molar-refractivity contribution in [3.8, 4) is 11.5 Å². The SMILES string of the molecule is CCCNC(CCC)C(CC)Oc1cccc(OC)c1. The van der Waals surface area contributed by atoms with E-state index < -0.39 is 0 Å². The predicted octanol–water partition coefficient (Wildman–Crippen LogP) is 4.02. The molecule has 2 atom stereocenters. The molecule has 0 aliphatic carbocycles. The largest absolute Gasteiger partial charge is 0.497 e. The third-order valence-electron chi connectivity index (χ3n) is 3.44. The van der Waals surface area contributed by atoms with Crippen molar-refractivity contribution in [1.82, 2.24) is 5.32 Å². The van der Waals surface area contributed by atoms with Crippen molar-refractivity contribution in [2.45, 2.75) is 58.6 Å². The summed E-state index contributed by atoms with van der Waals surface area (Å²) in [7, 11) is 1.68. The van der Waals surface area contributed by atoms with Gasteiger partial charge in [-0.05, 0) is 37.9 Å². The third kappa shape index (κ3) is 5.41. The fourth-order valence-electron chi connectivity index (χ4n) is 2.36. The van der Waals surface area contributed by atoms with Gasteiger partial charge in [-0.25, -0.2) is 0 Å². The molecule has 0 fully saturated rings. The molecule has 0 aromatic heterocycles. The van der Waals surface area contributed by atoms with Gasteiger partial charge in [-0.15, -0.1) is 0 Å². The highest BCUT2D eigenvalue weighted by Crippen LogP contribution is 2.22. The van der Waals surface area contributed by atoms with Gasteiger partial charge in [-0.2, -0.15) is 0 Å². The van der Waals surface area contributed by atoms with Crippen LogP contribution in [-0.2, 0) is 0 Å². The Kier molecular flexibility index (Phi) is 8.12. The number of rotatable bonds is 10. The van der Waals surface area contributed by atoms with Gasteiger partial charge in [0.25, 0.3) is 0 Å². The number of methoxy groups -OCH3 is 1. The summed E-state index contributed by atoms with van der Waals surface area (Å²) in [5.74, 6) is 1.72. The van der Waals surface area contributed by atoms with Gasteiger partial charge in [0.15, 0.2) is 0 Å². The first kappa shape index (κ1) is 16.8. The highest BCUT2D eigenvalue weighted by molar-refractivity contribution is 5.33. The lowest BCUT2D eigenvalue weighted by molar-refractivity contribution is 0.142. The van der Waals surface area contributed by atoms with Gasteiger partial charge < -0.3 is 14.8 Å². The summed E-state index contributed by atoms with van der Waals surface area (Å²) in [6, 6.07) is 8.26. The highest BCUT2D eigenvalue weighted by atomic mass is 16.5. The second kappa shape index (κ2) is 9.65. The van der Waals surface area contributed by atoms with E-state index in [1.807, 2.05) is 24.3 Å². The summed E-state index contributed by atoms with van der Waals surface area (Å²) >= 11 is 0. The molecule has 1 N–H and O–H groups in total. The van der Waals surface area contributed by atoms with Crippen LogP contribution in [0.15, 0.2) is 24.3 Å². The molecule has 0 heterocycles. The molecule has 3 nitrogen and oxygen atoms in total. The summed E-state index contributed by atoms with van der Waals surface area (Å²) in [6.07, 6.45) is 4.66. The normalized spacial score (nSPS) is 13.8. The summed E-state index contributed by atoms with van der Waals surface area (Å²) in [5.41, 5.74) is 0. The quantitative estimate of drug-likeness (QED) is 0.701. The lowest BCUT2D eigenvalue weighted by Gasteiger charge is -2.28. The average molecular weight is 279 g/mol. The molecular weight excluding hydrogens is 250 g/mol. The first-order valence-corrected chi connectivity index (χ1v) is 7.79. The number of hydrogen-bond acceptors (Lipinski definition) is 3. The van der Waals surface area contributed by atoms with Crippen molar-refractivity contribution in [1.29, 1.82) is 0 Å². The van der Waals surface area contributed by atoms with Crippen molar-refractivity contribution in [2.24, 2.45) is 0 Å². The maximum atomic E-state index is 6.18. The molecular formula is C17H29NO2. The van der Waals surface area contributed by atoms with Crippen molar-refractivity contribution in [3.63, 3.8) is 0 Å². The van der Waals surface area contributed by atoms with Crippen LogP contribution in [0.2, 0.25) is 0 Å². The van der Waals surface area contributed by atoms with Gasteiger partial charge in [0.05, 0.1) is 7.11 Å². The molecule has 1 rings (SSSR count).